The molecule has 5 nitrogen and oxygen atoms in total. The third-order valence-corrected chi connectivity index (χ3v) is 5.92. The van der Waals surface area contributed by atoms with Gasteiger partial charge >= 0.3 is 0 Å². The predicted molar refractivity (Wildman–Crippen MR) is 139 cm³/mol. The predicted octanol–water partition coefficient (Wildman–Crippen LogP) is 6.70. The fourth-order valence-corrected chi connectivity index (χ4v) is 4.28. The standard InChI is InChI=1S/C29H31F2N3O2.H2/c1-18(2)17-36-22-9-10-23-26(14-22)34(16-21-7-5-6-12-32-21)28(19(3)4)27(23)29(35)33-15-20-8-11-24(30)25(31)13-20;/h5-14,18-19H,15-17H2,1-4H3,(H,33,35);1H. The van der Waals surface area contributed by atoms with Crippen molar-refractivity contribution in [3.63, 3.8) is 0 Å². The number of rotatable bonds is 9. The van der Waals surface area contributed by atoms with Gasteiger partial charge in [0.25, 0.3) is 5.91 Å². The molecule has 1 amide bonds. The second kappa shape index (κ2) is 10.9. The molecule has 190 valence electrons. The molecule has 0 unspecified atom stereocenters. The van der Waals surface area contributed by atoms with E-state index in [4.69, 9.17) is 4.74 Å². The summed E-state index contributed by atoms with van der Waals surface area (Å²) >= 11 is 0. The van der Waals surface area contributed by atoms with E-state index in [9.17, 15) is 13.6 Å². The van der Waals surface area contributed by atoms with Crippen LogP contribution in [0.25, 0.3) is 10.9 Å². The van der Waals surface area contributed by atoms with Gasteiger partial charge in [-0.15, -0.1) is 0 Å². The Morgan fingerprint density at radius 1 is 1.06 bits per heavy atom. The Morgan fingerprint density at radius 3 is 2.53 bits per heavy atom. The highest BCUT2D eigenvalue weighted by molar-refractivity contribution is 6.09. The lowest BCUT2D eigenvalue weighted by molar-refractivity contribution is 0.0951. The van der Waals surface area contributed by atoms with Crippen LogP contribution in [0, 0.1) is 17.6 Å². The molecule has 0 fully saturated rings. The number of halogens is 2. The molecule has 2 aromatic carbocycles. The fraction of sp³-hybridized carbons (Fsp3) is 0.310. The number of pyridine rings is 1. The van der Waals surface area contributed by atoms with Gasteiger partial charge in [0, 0.05) is 31.3 Å². The maximum atomic E-state index is 13.7. The number of carbonyl (C=O) groups is 1. The maximum absolute atomic E-state index is 13.7. The van der Waals surface area contributed by atoms with Gasteiger partial charge in [-0.25, -0.2) is 8.78 Å². The van der Waals surface area contributed by atoms with Crippen LogP contribution < -0.4 is 10.1 Å². The highest BCUT2D eigenvalue weighted by Gasteiger charge is 2.25. The molecule has 1 N–H and O–H groups in total. The van der Waals surface area contributed by atoms with Crippen molar-refractivity contribution in [2.24, 2.45) is 5.92 Å². The van der Waals surface area contributed by atoms with E-state index >= 15 is 0 Å². The van der Waals surface area contributed by atoms with E-state index in [0.717, 1.165) is 40.2 Å². The molecule has 0 bridgehead atoms. The van der Waals surface area contributed by atoms with Crippen LogP contribution >= 0.6 is 0 Å². The van der Waals surface area contributed by atoms with Crippen LogP contribution in [0.15, 0.2) is 60.8 Å². The Labute approximate surface area is 211 Å². The molecule has 4 rings (SSSR count). The molecule has 4 aromatic rings. The summed E-state index contributed by atoms with van der Waals surface area (Å²) in [6, 6.07) is 15.2. The number of hydrogen-bond acceptors (Lipinski definition) is 3. The van der Waals surface area contributed by atoms with Gasteiger partial charge in [-0.3, -0.25) is 9.78 Å². The van der Waals surface area contributed by atoms with Crippen molar-refractivity contribution in [3.8, 4) is 5.75 Å². The first kappa shape index (κ1) is 25.4. The summed E-state index contributed by atoms with van der Waals surface area (Å²) in [4.78, 5) is 18.0. The van der Waals surface area contributed by atoms with Gasteiger partial charge in [-0.2, -0.15) is 0 Å². The molecule has 0 aliphatic heterocycles. The Morgan fingerprint density at radius 2 is 1.86 bits per heavy atom. The van der Waals surface area contributed by atoms with Crippen LogP contribution in [0.1, 0.15) is 62.3 Å². The van der Waals surface area contributed by atoms with Crippen LogP contribution in [0.5, 0.6) is 5.75 Å². The SMILES string of the molecule is CC(C)COc1ccc2c(C(=O)NCc3ccc(F)c(F)c3)c(C(C)C)n(Cc3ccccn3)c2c1.[HH]. The maximum Gasteiger partial charge on any atom is 0.254 e. The molecule has 0 radical (unpaired) electrons. The summed E-state index contributed by atoms with van der Waals surface area (Å²) in [5, 5.41) is 3.69. The van der Waals surface area contributed by atoms with Gasteiger partial charge in [0.2, 0.25) is 0 Å². The van der Waals surface area contributed by atoms with Crippen molar-refractivity contribution in [2.75, 3.05) is 6.61 Å². The quantitative estimate of drug-likeness (QED) is 0.282. The third-order valence-electron chi connectivity index (χ3n) is 5.92. The Balaban J connectivity index is 0.00000380. The Kier molecular flexibility index (Phi) is 7.67. The van der Waals surface area contributed by atoms with Crippen LogP contribution in [0.4, 0.5) is 8.78 Å². The molecule has 7 heteroatoms. The van der Waals surface area contributed by atoms with Crippen LogP contribution in [-0.2, 0) is 13.1 Å². The third kappa shape index (κ3) is 5.56. The smallest absolute Gasteiger partial charge is 0.254 e. The van der Waals surface area contributed by atoms with Crippen molar-refractivity contribution in [3.05, 3.63) is 94.9 Å². The summed E-state index contributed by atoms with van der Waals surface area (Å²) < 4.78 is 35.1. The lowest BCUT2D eigenvalue weighted by Crippen LogP contribution is -2.24. The highest BCUT2D eigenvalue weighted by Crippen LogP contribution is 2.34. The normalized spacial score (nSPS) is 11.4. The van der Waals surface area contributed by atoms with Gasteiger partial charge in [-0.05, 0) is 53.8 Å². The molecule has 0 aliphatic carbocycles. The van der Waals surface area contributed by atoms with Crippen molar-refractivity contribution < 1.29 is 19.7 Å². The van der Waals surface area contributed by atoms with Crippen LogP contribution in [-0.4, -0.2) is 22.1 Å². The van der Waals surface area contributed by atoms with Crippen LogP contribution in [0.3, 0.4) is 0 Å². The average Bonchev–Trinajstić information content (AvgIpc) is 3.17. The molecular formula is C29H33F2N3O2. The van der Waals surface area contributed by atoms with E-state index in [1.165, 1.54) is 6.07 Å². The lowest BCUT2D eigenvalue weighted by Gasteiger charge is -2.15. The molecule has 36 heavy (non-hydrogen) atoms. The monoisotopic (exact) mass is 493 g/mol. The number of benzene rings is 2. The van der Waals surface area contributed by atoms with Gasteiger partial charge in [-0.1, -0.05) is 39.8 Å². The van der Waals surface area contributed by atoms with Gasteiger partial charge in [0.15, 0.2) is 11.6 Å². The number of carbonyl (C=O) groups excluding carboxylic acids is 1. The Bertz CT molecular complexity index is 1370. The zero-order valence-electron chi connectivity index (χ0n) is 21.0. The van der Waals surface area contributed by atoms with E-state index in [1.54, 1.807) is 6.20 Å². The molecular weight excluding hydrogens is 460 g/mol. The van der Waals surface area contributed by atoms with E-state index in [1.807, 2.05) is 50.2 Å². The molecule has 0 aliphatic rings. The van der Waals surface area contributed by atoms with Crippen LogP contribution in [0.2, 0.25) is 0 Å². The zero-order valence-corrected chi connectivity index (χ0v) is 21.0. The summed E-state index contributed by atoms with van der Waals surface area (Å²) in [5.41, 5.74) is 3.67. The first-order valence-corrected chi connectivity index (χ1v) is 12.2. The Hall–Kier alpha value is -3.74. The summed E-state index contributed by atoms with van der Waals surface area (Å²) in [6.07, 6.45) is 1.75. The highest BCUT2D eigenvalue weighted by atomic mass is 19.2. The number of amides is 1. The summed E-state index contributed by atoms with van der Waals surface area (Å²) in [7, 11) is 0. The minimum absolute atomic E-state index is 0. The molecule has 2 heterocycles. The van der Waals surface area contributed by atoms with Gasteiger partial charge < -0.3 is 14.6 Å². The first-order chi connectivity index (χ1) is 17.2. The number of hydrogen-bond donors (Lipinski definition) is 1. The molecule has 0 saturated carbocycles. The molecule has 0 atom stereocenters. The van der Waals surface area contributed by atoms with E-state index in [0.29, 0.717) is 30.2 Å². The second-order valence-electron chi connectivity index (χ2n) is 9.64. The van der Waals surface area contributed by atoms with E-state index in [-0.39, 0.29) is 19.8 Å². The average molecular weight is 494 g/mol. The second-order valence-corrected chi connectivity index (χ2v) is 9.64. The summed E-state index contributed by atoms with van der Waals surface area (Å²) in [6.45, 7) is 9.44. The minimum Gasteiger partial charge on any atom is -0.493 e. The largest absolute Gasteiger partial charge is 0.493 e. The van der Waals surface area contributed by atoms with E-state index in [2.05, 4.69) is 28.7 Å². The number of aromatic nitrogens is 2. The zero-order chi connectivity index (χ0) is 25.8. The van der Waals surface area contributed by atoms with Gasteiger partial charge in [0.1, 0.15) is 5.75 Å². The van der Waals surface area contributed by atoms with Gasteiger partial charge in [0.05, 0.1) is 29.9 Å². The van der Waals surface area contributed by atoms with E-state index < -0.39 is 11.6 Å². The van der Waals surface area contributed by atoms with Crippen molar-refractivity contribution in [2.45, 2.75) is 46.7 Å². The van der Waals surface area contributed by atoms with Crippen molar-refractivity contribution in [1.29, 1.82) is 0 Å². The lowest BCUT2D eigenvalue weighted by atomic mass is 10.0. The fourth-order valence-electron chi connectivity index (χ4n) is 4.28. The molecule has 0 spiro atoms. The van der Waals surface area contributed by atoms with Crippen molar-refractivity contribution >= 4 is 16.8 Å². The molecule has 2 aromatic heterocycles. The number of ether oxygens (including phenoxy) is 1. The summed E-state index contributed by atoms with van der Waals surface area (Å²) in [5.74, 6) is -0.982. The number of nitrogens with one attached hydrogen (secondary N) is 1. The number of nitrogens with zero attached hydrogens (tertiary/aromatic N) is 2. The topological polar surface area (TPSA) is 56.1 Å². The molecule has 0 saturated heterocycles. The minimum atomic E-state index is -0.939. The van der Waals surface area contributed by atoms with Crippen molar-refractivity contribution in [1.82, 2.24) is 14.9 Å². The number of fused-ring (bicyclic) bond motifs is 1. The first-order valence-electron chi connectivity index (χ1n) is 12.2.